The molecular weight excluding hydrogens is 210 g/mol. The van der Waals surface area contributed by atoms with E-state index in [9.17, 15) is 0 Å². The average molecular weight is 227 g/mol. The van der Waals surface area contributed by atoms with Gasteiger partial charge < -0.3 is 15.4 Å². The summed E-state index contributed by atoms with van der Waals surface area (Å²) in [7, 11) is 0. The zero-order chi connectivity index (χ0) is 11.3. The van der Waals surface area contributed by atoms with E-state index in [0.29, 0.717) is 11.2 Å². The van der Waals surface area contributed by atoms with Crippen LogP contribution in [0.15, 0.2) is 6.07 Å². The summed E-state index contributed by atoms with van der Waals surface area (Å²) in [4.78, 5) is 7.35. The Balaban J connectivity index is 2.75. The maximum absolute atomic E-state index is 9.14. The first-order chi connectivity index (χ1) is 7.11. The first-order valence-corrected chi connectivity index (χ1v) is 5.54. The van der Waals surface area contributed by atoms with Gasteiger partial charge in [-0.1, -0.05) is 19.1 Å². The normalized spacial score (nSPS) is 12.5. The number of rotatable bonds is 5. The minimum absolute atomic E-state index is 0.380. The molecule has 0 amide bonds. The van der Waals surface area contributed by atoms with Crippen LogP contribution >= 0.6 is 12.2 Å². The Morgan fingerprint density at radius 2 is 2.40 bits per heavy atom. The van der Waals surface area contributed by atoms with Crippen molar-refractivity contribution >= 4 is 18.0 Å². The topological polar surface area (TPSA) is 60.9 Å². The largest absolute Gasteiger partial charge is 0.392 e. The Bertz CT molecular complexity index is 362. The fraction of sp³-hybridized carbons (Fsp3) is 0.600. The van der Waals surface area contributed by atoms with Gasteiger partial charge in [-0.15, -0.1) is 0 Å². The molecule has 15 heavy (non-hydrogen) atoms. The third kappa shape index (κ3) is 4.40. The zero-order valence-corrected chi connectivity index (χ0v) is 9.90. The molecule has 5 heteroatoms. The van der Waals surface area contributed by atoms with E-state index in [0.717, 1.165) is 24.5 Å². The molecule has 0 saturated carbocycles. The molecule has 0 aliphatic rings. The van der Waals surface area contributed by atoms with Crippen LogP contribution in [0.3, 0.4) is 0 Å². The molecule has 0 fully saturated rings. The predicted octanol–water partition coefficient (Wildman–Crippen LogP) is 1.88. The van der Waals surface area contributed by atoms with E-state index in [1.165, 1.54) is 0 Å². The molecule has 1 atom stereocenters. The summed E-state index contributed by atoms with van der Waals surface area (Å²) in [6.07, 6.45) is 1.53. The highest BCUT2D eigenvalue weighted by molar-refractivity contribution is 7.71. The number of aliphatic hydroxyl groups is 1. The molecule has 0 radical (unpaired) electrons. The van der Waals surface area contributed by atoms with Gasteiger partial charge in [0.1, 0.15) is 16.3 Å². The lowest BCUT2D eigenvalue weighted by Gasteiger charge is -2.09. The van der Waals surface area contributed by atoms with Crippen LogP contribution in [0.4, 0.5) is 5.82 Å². The average Bonchev–Trinajstić information content (AvgIpc) is 2.14. The molecule has 84 valence electrons. The third-order valence-electron chi connectivity index (χ3n) is 1.87. The molecule has 4 nitrogen and oxygen atoms in total. The fourth-order valence-electron chi connectivity index (χ4n) is 1.22. The SMILES string of the molecule is CCCc1nc(=S)cc(NCC(C)O)[nH]1. The number of aliphatic hydroxyl groups excluding tert-OH is 1. The lowest BCUT2D eigenvalue weighted by atomic mass is 10.3. The Kier molecular flexibility index (Phi) is 4.71. The highest BCUT2D eigenvalue weighted by atomic mass is 32.1. The molecule has 3 N–H and O–H groups in total. The van der Waals surface area contributed by atoms with Gasteiger partial charge in [-0.05, 0) is 13.3 Å². The van der Waals surface area contributed by atoms with Gasteiger partial charge in [0.25, 0.3) is 0 Å². The van der Waals surface area contributed by atoms with E-state index < -0.39 is 0 Å². The van der Waals surface area contributed by atoms with Crippen molar-refractivity contribution in [1.82, 2.24) is 9.97 Å². The summed E-state index contributed by atoms with van der Waals surface area (Å²) in [6, 6.07) is 1.76. The van der Waals surface area contributed by atoms with Gasteiger partial charge in [0, 0.05) is 19.0 Å². The van der Waals surface area contributed by atoms with Gasteiger partial charge in [0.05, 0.1) is 6.10 Å². The van der Waals surface area contributed by atoms with Gasteiger partial charge in [-0.2, -0.15) is 0 Å². The van der Waals surface area contributed by atoms with Gasteiger partial charge in [0.15, 0.2) is 0 Å². The Morgan fingerprint density at radius 3 is 3.00 bits per heavy atom. The molecule has 1 rings (SSSR count). The van der Waals surface area contributed by atoms with Crippen molar-refractivity contribution in [3.63, 3.8) is 0 Å². The van der Waals surface area contributed by atoms with Crippen LogP contribution in [0.5, 0.6) is 0 Å². The Hall–Kier alpha value is -0.940. The van der Waals surface area contributed by atoms with Crippen LogP contribution in [0.25, 0.3) is 0 Å². The summed E-state index contributed by atoms with van der Waals surface area (Å²) in [5.74, 6) is 1.71. The van der Waals surface area contributed by atoms with E-state index in [2.05, 4.69) is 22.2 Å². The van der Waals surface area contributed by atoms with Crippen molar-refractivity contribution in [2.24, 2.45) is 0 Å². The molecule has 0 spiro atoms. The summed E-state index contributed by atoms with van der Waals surface area (Å²) in [6.45, 7) is 4.32. The number of aryl methyl sites for hydroxylation is 1. The van der Waals surface area contributed by atoms with Crippen LogP contribution < -0.4 is 5.32 Å². The second-order valence-corrected chi connectivity index (χ2v) is 3.98. The monoisotopic (exact) mass is 227 g/mol. The number of hydrogen-bond donors (Lipinski definition) is 3. The van der Waals surface area contributed by atoms with Gasteiger partial charge in [-0.3, -0.25) is 0 Å². The number of nitrogens with zero attached hydrogens (tertiary/aromatic N) is 1. The molecule has 1 aromatic rings. The van der Waals surface area contributed by atoms with Crippen LogP contribution in [-0.4, -0.2) is 27.7 Å². The second-order valence-electron chi connectivity index (χ2n) is 3.56. The first kappa shape index (κ1) is 12.1. The second kappa shape index (κ2) is 5.82. The number of aromatic nitrogens is 2. The minimum atomic E-state index is -0.380. The Labute approximate surface area is 94.8 Å². The number of hydrogen-bond acceptors (Lipinski definition) is 4. The highest BCUT2D eigenvalue weighted by Crippen LogP contribution is 2.05. The minimum Gasteiger partial charge on any atom is -0.392 e. The summed E-state index contributed by atoms with van der Waals surface area (Å²) < 4.78 is 0.574. The fourth-order valence-corrected chi connectivity index (χ4v) is 1.44. The van der Waals surface area contributed by atoms with Crippen molar-refractivity contribution in [2.75, 3.05) is 11.9 Å². The third-order valence-corrected chi connectivity index (χ3v) is 2.08. The predicted molar refractivity (Wildman–Crippen MR) is 63.6 cm³/mol. The molecule has 1 aromatic heterocycles. The number of nitrogens with one attached hydrogen (secondary N) is 2. The summed E-state index contributed by atoms with van der Waals surface area (Å²) in [5, 5.41) is 12.2. The highest BCUT2D eigenvalue weighted by Gasteiger charge is 1.99. The number of anilines is 1. The Morgan fingerprint density at radius 1 is 1.67 bits per heavy atom. The molecule has 0 aliphatic carbocycles. The number of aromatic amines is 1. The molecule has 0 bridgehead atoms. The van der Waals surface area contributed by atoms with Gasteiger partial charge in [-0.25, -0.2) is 4.98 Å². The molecule has 1 unspecified atom stereocenters. The van der Waals surface area contributed by atoms with E-state index in [1.54, 1.807) is 13.0 Å². The lowest BCUT2D eigenvalue weighted by molar-refractivity contribution is 0.208. The van der Waals surface area contributed by atoms with Crippen molar-refractivity contribution in [1.29, 1.82) is 0 Å². The van der Waals surface area contributed by atoms with Crippen molar-refractivity contribution in [3.8, 4) is 0 Å². The van der Waals surface area contributed by atoms with Crippen LogP contribution in [0.2, 0.25) is 0 Å². The molecule has 0 aliphatic heterocycles. The van der Waals surface area contributed by atoms with Gasteiger partial charge >= 0.3 is 0 Å². The smallest absolute Gasteiger partial charge is 0.131 e. The van der Waals surface area contributed by atoms with E-state index in [-0.39, 0.29) is 6.10 Å². The number of H-pyrrole nitrogens is 1. The first-order valence-electron chi connectivity index (χ1n) is 5.14. The lowest BCUT2D eigenvalue weighted by Crippen LogP contribution is -2.16. The van der Waals surface area contributed by atoms with E-state index >= 15 is 0 Å². The molecular formula is C10H17N3OS. The molecule has 0 aromatic carbocycles. The van der Waals surface area contributed by atoms with Crippen LogP contribution in [0, 0.1) is 4.64 Å². The zero-order valence-electron chi connectivity index (χ0n) is 9.08. The molecule has 0 saturated heterocycles. The standard InChI is InChI=1S/C10H17N3OS/c1-3-4-8-12-9(5-10(15)13-8)11-6-7(2)14/h5,7,14H,3-4,6H2,1-2H3,(H2,11,12,13,15). The van der Waals surface area contributed by atoms with E-state index in [1.807, 2.05) is 0 Å². The summed E-state index contributed by atoms with van der Waals surface area (Å²) in [5.41, 5.74) is 0. The molecule has 1 heterocycles. The van der Waals surface area contributed by atoms with Gasteiger partial charge in [0.2, 0.25) is 0 Å². The van der Waals surface area contributed by atoms with Crippen LogP contribution in [-0.2, 0) is 6.42 Å². The van der Waals surface area contributed by atoms with Crippen molar-refractivity contribution < 1.29 is 5.11 Å². The van der Waals surface area contributed by atoms with E-state index in [4.69, 9.17) is 17.3 Å². The van der Waals surface area contributed by atoms with Crippen LogP contribution in [0.1, 0.15) is 26.1 Å². The van der Waals surface area contributed by atoms with Crippen molar-refractivity contribution in [3.05, 3.63) is 16.5 Å². The maximum Gasteiger partial charge on any atom is 0.131 e. The quantitative estimate of drug-likeness (QED) is 0.672. The van der Waals surface area contributed by atoms with Crippen molar-refractivity contribution in [2.45, 2.75) is 32.8 Å². The summed E-state index contributed by atoms with van der Waals surface area (Å²) >= 11 is 5.05. The maximum atomic E-state index is 9.14.